The molecule has 0 unspecified atom stereocenters. The van der Waals surface area contributed by atoms with Gasteiger partial charge in [-0.1, -0.05) is 25.8 Å². The smallest absolute Gasteiger partial charge is 0.155 e. The first-order chi connectivity index (χ1) is 5.83. The number of allylic oxidation sites excluding steroid dienone is 2. The van der Waals surface area contributed by atoms with Gasteiger partial charge in [-0.15, -0.1) is 0 Å². The summed E-state index contributed by atoms with van der Waals surface area (Å²) >= 11 is 0. The van der Waals surface area contributed by atoms with Gasteiger partial charge in [0.25, 0.3) is 0 Å². The van der Waals surface area contributed by atoms with Gasteiger partial charge < -0.3 is 0 Å². The average Bonchev–Trinajstić information content (AvgIpc) is 2.53. The number of hydrogen-bond donors (Lipinski definition) is 0. The van der Waals surface area contributed by atoms with Crippen LogP contribution in [0.4, 0.5) is 0 Å². The molecule has 1 nitrogen and oxygen atoms in total. The molecule has 0 amide bonds. The third-order valence-corrected chi connectivity index (χ3v) is 2.45. The molecular formula is C11H18O. The molecule has 0 aliphatic heterocycles. The van der Waals surface area contributed by atoms with Crippen LogP contribution in [0.1, 0.15) is 45.4 Å². The summed E-state index contributed by atoms with van der Waals surface area (Å²) in [4.78, 5) is 11.1. The predicted molar refractivity (Wildman–Crippen MR) is 51.0 cm³/mol. The summed E-state index contributed by atoms with van der Waals surface area (Å²) in [5.74, 6) is 0.996. The van der Waals surface area contributed by atoms with E-state index in [0.29, 0.717) is 18.1 Å². The van der Waals surface area contributed by atoms with Gasteiger partial charge in [-0.05, 0) is 31.3 Å². The van der Waals surface area contributed by atoms with Crippen molar-refractivity contribution >= 4 is 5.78 Å². The van der Waals surface area contributed by atoms with Crippen molar-refractivity contribution in [2.45, 2.75) is 45.4 Å². The topological polar surface area (TPSA) is 17.1 Å². The molecule has 12 heavy (non-hydrogen) atoms. The minimum absolute atomic E-state index is 0.296. The minimum Gasteiger partial charge on any atom is -0.295 e. The highest BCUT2D eigenvalue weighted by Crippen LogP contribution is 2.25. The maximum absolute atomic E-state index is 11.1. The van der Waals surface area contributed by atoms with Crippen LogP contribution in [0.25, 0.3) is 0 Å². The molecule has 1 heteroatoms. The second-order valence-electron chi connectivity index (χ2n) is 3.62. The van der Waals surface area contributed by atoms with Crippen LogP contribution in [0.5, 0.6) is 0 Å². The highest BCUT2D eigenvalue weighted by atomic mass is 16.1. The van der Waals surface area contributed by atoms with Crippen LogP contribution >= 0.6 is 0 Å². The Hall–Kier alpha value is -0.590. The number of rotatable bonds is 4. The van der Waals surface area contributed by atoms with E-state index in [1.54, 1.807) is 6.08 Å². The maximum Gasteiger partial charge on any atom is 0.155 e. The Morgan fingerprint density at radius 3 is 2.67 bits per heavy atom. The summed E-state index contributed by atoms with van der Waals surface area (Å²) in [7, 11) is 0. The molecule has 0 spiro atoms. The van der Waals surface area contributed by atoms with E-state index >= 15 is 0 Å². The van der Waals surface area contributed by atoms with E-state index in [9.17, 15) is 4.79 Å². The predicted octanol–water partition coefficient (Wildman–Crippen LogP) is 3.10. The molecule has 1 rings (SSSR count). The molecule has 1 fully saturated rings. The summed E-state index contributed by atoms with van der Waals surface area (Å²) in [6, 6.07) is 0. The Balaban J connectivity index is 2.23. The normalized spacial score (nSPS) is 19.1. The largest absolute Gasteiger partial charge is 0.295 e. The Morgan fingerprint density at radius 1 is 1.42 bits per heavy atom. The van der Waals surface area contributed by atoms with Gasteiger partial charge in [-0.25, -0.2) is 0 Å². The number of carbonyl (C=O) groups excluding carboxylic acids is 1. The van der Waals surface area contributed by atoms with Gasteiger partial charge in [0.05, 0.1) is 0 Å². The van der Waals surface area contributed by atoms with Gasteiger partial charge in [0.2, 0.25) is 0 Å². The van der Waals surface area contributed by atoms with Crippen molar-refractivity contribution in [3.63, 3.8) is 0 Å². The molecule has 1 aliphatic rings. The van der Waals surface area contributed by atoms with Crippen LogP contribution < -0.4 is 0 Å². The molecule has 68 valence electrons. The molecule has 0 atom stereocenters. The van der Waals surface area contributed by atoms with Crippen molar-refractivity contribution in [3.8, 4) is 0 Å². The van der Waals surface area contributed by atoms with Crippen molar-refractivity contribution < 1.29 is 4.79 Å². The van der Waals surface area contributed by atoms with Crippen molar-refractivity contribution in [2.75, 3.05) is 0 Å². The Kier molecular flexibility index (Phi) is 4.06. The average molecular weight is 166 g/mol. The quantitative estimate of drug-likeness (QED) is 0.586. The summed E-state index contributed by atoms with van der Waals surface area (Å²) in [6.07, 6.45) is 10.8. The third-order valence-electron chi connectivity index (χ3n) is 2.45. The second-order valence-corrected chi connectivity index (χ2v) is 3.62. The highest BCUT2D eigenvalue weighted by molar-refractivity contribution is 5.89. The molecule has 0 heterocycles. The van der Waals surface area contributed by atoms with Crippen LogP contribution in [0.2, 0.25) is 0 Å². The fourth-order valence-electron chi connectivity index (χ4n) is 1.72. The number of ketones is 1. The van der Waals surface area contributed by atoms with Gasteiger partial charge in [0.15, 0.2) is 5.78 Å². The molecule has 0 radical (unpaired) electrons. The monoisotopic (exact) mass is 166 g/mol. The van der Waals surface area contributed by atoms with Crippen molar-refractivity contribution in [1.29, 1.82) is 0 Å². The molecule has 0 bridgehead atoms. The van der Waals surface area contributed by atoms with Crippen molar-refractivity contribution in [1.82, 2.24) is 0 Å². The van der Waals surface area contributed by atoms with E-state index < -0.39 is 0 Å². The highest BCUT2D eigenvalue weighted by Gasteiger charge is 2.11. The lowest BCUT2D eigenvalue weighted by molar-refractivity contribution is -0.114. The van der Waals surface area contributed by atoms with Crippen molar-refractivity contribution in [3.05, 3.63) is 12.2 Å². The SMILES string of the molecule is CCCC(=O)/C=C/C1CCCC1. The Labute approximate surface area is 74.9 Å². The molecular weight excluding hydrogens is 148 g/mol. The van der Waals surface area contributed by atoms with E-state index in [2.05, 4.69) is 6.08 Å². The van der Waals surface area contributed by atoms with Gasteiger partial charge >= 0.3 is 0 Å². The fraction of sp³-hybridized carbons (Fsp3) is 0.727. The van der Waals surface area contributed by atoms with Gasteiger partial charge in [0.1, 0.15) is 0 Å². The first-order valence-corrected chi connectivity index (χ1v) is 5.04. The molecule has 0 saturated heterocycles. The van der Waals surface area contributed by atoms with Gasteiger partial charge in [-0.2, -0.15) is 0 Å². The fourth-order valence-corrected chi connectivity index (χ4v) is 1.72. The second kappa shape index (κ2) is 5.13. The molecule has 0 aromatic carbocycles. The van der Waals surface area contributed by atoms with E-state index in [1.807, 2.05) is 6.92 Å². The molecule has 0 aromatic rings. The van der Waals surface area contributed by atoms with E-state index in [0.717, 1.165) is 6.42 Å². The minimum atomic E-state index is 0.296. The molecule has 0 aromatic heterocycles. The molecule has 1 aliphatic carbocycles. The van der Waals surface area contributed by atoms with Crippen LogP contribution in [-0.4, -0.2) is 5.78 Å². The number of hydrogen-bond acceptors (Lipinski definition) is 1. The van der Waals surface area contributed by atoms with E-state index in [1.165, 1.54) is 25.7 Å². The lowest BCUT2D eigenvalue weighted by Gasteiger charge is -1.98. The zero-order valence-electron chi connectivity index (χ0n) is 7.88. The zero-order valence-corrected chi connectivity index (χ0v) is 7.88. The lowest BCUT2D eigenvalue weighted by atomic mass is 10.1. The van der Waals surface area contributed by atoms with Crippen LogP contribution in [-0.2, 0) is 4.79 Å². The summed E-state index contributed by atoms with van der Waals surface area (Å²) < 4.78 is 0. The summed E-state index contributed by atoms with van der Waals surface area (Å²) in [5.41, 5.74) is 0. The van der Waals surface area contributed by atoms with E-state index in [4.69, 9.17) is 0 Å². The Morgan fingerprint density at radius 2 is 2.08 bits per heavy atom. The maximum atomic E-state index is 11.1. The molecule has 1 saturated carbocycles. The van der Waals surface area contributed by atoms with Crippen LogP contribution in [0, 0.1) is 5.92 Å². The Bertz CT molecular complexity index is 164. The third kappa shape index (κ3) is 3.21. The summed E-state index contributed by atoms with van der Waals surface area (Å²) in [5, 5.41) is 0. The van der Waals surface area contributed by atoms with Crippen molar-refractivity contribution in [2.24, 2.45) is 5.92 Å². The standard InChI is InChI=1S/C11H18O/c1-2-5-11(12)9-8-10-6-3-4-7-10/h8-10H,2-7H2,1H3/b9-8+. The molecule has 0 N–H and O–H groups in total. The zero-order chi connectivity index (χ0) is 8.81. The van der Waals surface area contributed by atoms with Gasteiger partial charge in [-0.3, -0.25) is 4.79 Å². The van der Waals surface area contributed by atoms with Crippen LogP contribution in [0.3, 0.4) is 0 Å². The van der Waals surface area contributed by atoms with Gasteiger partial charge in [0, 0.05) is 6.42 Å². The van der Waals surface area contributed by atoms with E-state index in [-0.39, 0.29) is 0 Å². The van der Waals surface area contributed by atoms with Crippen LogP contribution in [0.15, 0.2) is 12.2 Å². The lowest BCUT2D eigenvalue weighted by Crippen LogP contribution is -1.93. The number of carbonyl (C=O) groups is 1. The summed E-state index contributed by atoms with van der Waals surface area (Å²) in [6.45, 7) is 2.04. The first kappa shape index (κ1) is 9.50. The first-order valence-electron chi connectivity index (χ1n) is 5.04.